The molecule has 0 spiro atoms. The minimum absolute atomic E-state index is 0.0794. The zero-order valence-corrected chi connectivity index (χ0v) is 11.7. The van der Waals surface area contributed by atoms with E-state index < -0.39 is 0 Å². The van der Waals surface area contributed by atoms with Crippen molar-refractivity contribution < 1.29 is 4.79 Å². The predicted octanol–water partition coefficient (Wildman–Crippen LogP) is 2.93. The number of alkyl halides is 1. The van der Waals surface area contributed by atoms with Crippen molar-refractivity contribution in [2.75, 3.05) is 12.9 Å². The van der Waals surface area contributed by atoms with Gasteiger partial charge >= 0.3 is 0 Å². The maximum absolute atomic E-state index is 12.0. The van der Waals surface area contributed by atoms with Crippen LogP contribution in [0.2, 0.25) is 0 Å². The number of carbonyl (C=O) groups excluding carboxylic acids is 1. The monoisotopic (exact) mass is 253 g/mol. The van der Waals surface area contributed by atoms with Gasteiger partial charge in [-0.3, -0.25) is 4.79 Å². The molecule has 0 bridgehead atoms. The van der Waals surface area contributed by atoms with E-state index in [9.17, 15) is 4.79 Å². The summed E-state index contributed by atoms with van der Waals surface area (Å²) in [5.41, 5.74) is 3.54. The molecule has 0 aliphatic rings. The van der Waals surface area contributed by atoms with Gasteiger partial charge in [-0.2, -0.15) is 0 Å². The molecule has 1 aromatic carbocycles. The van der Waals surface area contributed by atoms with E-state index in [1.165, 1.54) is 11.1 Å². The zero-order valence-electron chi connectivity index (χ0n) is 11.0. The minimum atomic E-state index is 0.0794. The predicted molar refractivity (Wildman–Crippen MR) is 72.6 cm³/mol. The Morgan fingerprint density at radius 3 is 2.53 bits per heavy atom. The highest BCUT2D eigenvalue weighted by Gasteiger charge is 2.15. The van der Waals surface area contributed by atoms with Crippen molar-refractivity contribution in [1.82, 2.24) is 4.90 Å². The number of hydrogen-bond donors (Lipinski definition) is 0. The average molecular weight is 254 g/mol. The van der Waals surface area contributed by atoms with E-state index in [-0.39, 0.29) is 11.9 Å². The number of aryl methyl sites for hydroxylation is 2. The zero-order chi connectivity index (χ0) is 13.0. The van der Waals surface area contributed by atoms with Crippen LogP contribution in [0.15, 0.2) is 18.2 Å². The number of nitrogens with zero attached hydrogens (tertiary/aromatic N) is 1. The van der Waals surface area contributed by atoms with Crippen molar-refractivity contribution in [3.63, 3.8) is 0 Å². The number of hydrogen-bond acceptors (Lipinski definition) is 1. The van der Waals surface area contributed by atoms with Gasteiger partial charge in [-0.15, -0.1) is 11.6 Å². The Labute approximate surface area is 109 Å². The van der Waals surface area contributed by atoms with Crippen LogP contribution in [-0.2, 0) is 11.2 Å². The van der Waals surface area contributed by atoms with Gasteiger partial charge in [0.05, 0.1) is 6.42 Å². The maximum Gasteiger partial charge on any atom is 0.227 e. The van der Waals surface area contributed by atoms with Gasteiger partial charge in [-0.05, 0) is 37.5 Å². The van der Waals surface area contributed by atoms with E-state index in [0.29, 0.717) is 12.3 Å². The van der Waals surface area contributed by atoms with Gasteiger partial charge in [0.2, 0.25) is 5.91 Å². The summed E-state index contributed by atoms with van der Waals surface area (Å²) in [5, 5.41) is 0. The van der Waals surface area contributed by atoms with Crippen LogP contribution in [-0.4, -0.2) is 29.8 Å². The molecule has 17 heavy (non-hydrogen) atoms. The fourth-order valence-electron chi connectivity index (χ4n) is 1.56. The molecule has 1 unspecified atom stereocenters. The van der Waals surface area contributed by atoms with E-state index >= 15 is 0 Å². The van der Waals surface area contributed by atoms with Gasteiger partial charge in [-0.1, -0.05) is 18.2 Å². The number of carbonyl (C=O) groups is 1. The number of likely N-dealkylation sites (N-methyl/N-ethyl adjacent to an activating group) is 1. The van der Waals surface area contributed by atoms with E-state index in [2.05, 4.69) is 26.0 Å². The smallest absolute Gasteiger partial charge is 0.227 e. The number of rotatable bonds is 4. The van der Waals surface area contributed by atoms with Crippen molar-refractivity contribution in [3.8, 4) is 0 Å². The molecule has 0 fully saturated rings. The summed E-state index contributed by atoms with van der Waals surface area (Å²) in [5.74, 6) is 0.580. The molecule has 0 aromatic heterocycles. The van der Waals surface area contributed by atoms with E-state index in [4.69, 9.17) is 11.6 Å². The largest absolute Gasteiger partial charge is 0.342 e. The third-order valence-corrected chi connectivity index (χ3v) is 3.65. The van der Waals surface area contributed by atoms with Gasteiger partial charge in [-0.25, -0.2) is 0 Å². The lowest BCUT2D eigenvalue weighted by molar-refractivity contribution is -0.130. The van der Waals surface area contributed by atoms with Crippen molar-refractivity contribution in [2.45, 2.75) is 33.2 Å². The summed E-state index contributed by atoms with van der Waals surface area (Å²) in [6.07, 6.45) is 0.443. The molecular formula is C14H20ClNO. The summed E-state index contributed by atoms with van der Waals surface area (Å²) in [6.45, 7) is 6.09. The number of amides is 1. The second-order valence-electron chi connectivity index (χ2n) is 4.60. The van der Waals surface area contributed by atoms with Crippen LogP contribution in [0, 0.1) is 13.8 Å². The van der Waals surface area contributed by atoms with Crippen molar-refractivity contribution in [2.24, 2.45) is 0 Å². The van der Waals surface area contributed by atoms with Crippen molar-refractivity contribution in [3.05, 3.63) is 34.9 Å². The molecule has 1 amide bonds. The normalized spacial score (nSPS) is 12.3. The van der Waals surface area contributed by atoms with E-state index in [1.54, 1.807) is 11.9 Å². The molecule has 3 heteroatoms. The summed E-state index contributed by atoms with van der Waals surface area (Å²) >= 11 is 5.75. The van der Waals surface area contributed by atoms with Gasteiger partial charge in [0.1, 0.15) is 0 Å². The first-order chi connectivity index (χ1) is 7.95. The Hall–Kier alpha value is -1.02. The Bertz CT molecular complexity index is 403. The molecule has 1 aromatic rings. The Kier molecular flexibility index (Phi) is 5.01. The van der Waals surface area contributed by atoms with Crippen LogP contribution in [0.25, 0.3) is 0 Å². The third kappa shape index (κ3) is 3.74. The Morgan fingerprint density at radius 2 is 2.00 bits per heavy atom. The molecule has 1 atom stereocenters. The Morgan fingerprint density at radius 1 is 1.35 bits per heavy atom. The topological polar surface area (TPSA) is 20.3 Å². The summed E-state index contributed by atoms with van der Waals surface area (Å²) < 4.78 is 0. The molecule has 1 rings (SSSR count). The highest BCUT2D eigenvalue weighted by atomic mass is 35.5. The molecule has 94 valence electrons. The quantitative estimate of drug-likeness (QED) is 0.756. The van der Waals surface area contributed by atoms with E-state index in [0.717, 1.165) is 5.56 Å². The van der Waals surface area contributed by atoms with Gasteiger partial charge in [0, 0.05) is 19.0 Å². The first kappa shape index (κ1) is 14.0. The standard InChI is InChI=1S/C14H20ClNO/c1-10-5-6-13(7-11(10)2)8-14(17)16(4)12(3)9-15/h5-7,12H,8-9H2,1-4H3. The maximum atomic E-state index is 12.0. The van der Waals surface area contributed by atoms with Crippen molar-refractivity contribution >= 4 is 17.5 Å². The van der Waals surface area contributed by atoms with Crippen LogP contribution >= 0.6 is 11.6 Å². The molecule has 0 saturated heterocycles. The summed E-state index contributed by atoms with van der Waals surface area (Å²) in [7, 11) is 1.80. The summed E-state index contributed by atoms with van der Waals surface area (Å²) in [4.78, 5) is 13.7. The molecule has 0 aliphatic carbocycles. The van der Waals surface area contributed by atoms with Crippen LogP contribution in [0.1, 0.15) is 23.6 Å². The second-order valence-corrected chi connectivity index (χ2v) is 4.91. The molecule has 0 saturated carbocycles. The van der Waals surface area contributed by atoms with Gasteiger partial charge < -0.3 is 4.90 Å². The first-order valence-corrected chi connectivity index (χ1v) is 6.37. The summed E-state index contributed by atoms with van der Waals surface area (Å²) in [6, 6.07) is 6.23. The fourth-order valence-corrected chi connectivity index (χ4v) is 1.77. The van der Waals surface area contributed by atoms with Crippen molar-refractivity contribution in [1.29, 1.82) is 0 Å². The molecule has 0 aliphatic heterocycles. The molecular weight excluding hydrogens is 234 g/mol. The van der Waals surface area contributed by atoms with Crippen LogP contribution in [0.4, 0.5) is 0 Å². The van der Waals surface area contributed by atoms with Crippen LogP contribution < -0.4 is 0 Å². The average Bonchev–Trinajstić information content (AvgIpc) is 2.31. The van der Waals surface area contributed by atoms with Gasteiger partial charge in [0.15, 0.2) is 0 Å². The molecule has 0 heterocycles. The van der Waals surface area contributed by atoms with E-state index in [1.807, 2.05) is 13.0 Å². The third-order valence-electron chi connectivity index (χ3n) is 3.20. The second kappa shape index (κ2) is 6.06. The fraction of sp³-hybridized carbons (Fsp3) is 0.500. The van der Waals surface area contributed by atoms with Crippen LogP contribution in [0.3, 0.4) is 0 Å². The minimum Gasteiger partial charge on any atom is -0.342 e. The lowest BCUT2D eigenvalue weighted by Crippen LogP contribution is -2.37. The highest BCUT2D eigenvalue weighted by Crippen LogP contribution is 2.11. The first-order valence-electron chi connectivity index (χ1n) is 5.83. The lowest BCUT2D eigenvalue weighted by atomic mass is 10.0. The molecule has 0 N–H and O–H groups in total. The SMILES string of the molecule is Cc1ccc(CC(=O)N(C)C(C)CCl)cc1C. The number of halogens is 1. The number of benzene rings is 1. The highest BCUT2D eigenvalue weighted by molar-refractivity contribution is 6.18. The lowest BCUT2D eigenvalue weighted by Gasteiger charge is -2.23. The Balaban J connectivity index is 2.71. The molecule has 2 nitrogen and oxygen atoms in total. The molecule has 0 radical (unpaired) electrons. The van der Waals surface area contributed by atoms with Gasteiger partial charge in [0.25, 0.3) is 0 Å². The van der Waals surface area contributed by atoms with Crippen LogP contribution in [0.5, 0.6) is 0 Å².